The number of ether oxygens (including phenoxy) is 1. The summed E-state index contributed by atoms with van der Waals surface area (Å²) in [5.74, 6) is 0.671. The first-order valence-corrected chi connectivity index (χ1v) is 7.41. The van der Waals surface area contributed by atoms with Gasteiger partial charge in [-0.05, 0) is 24.5 Å². The lowest BCUT2D eigenvalue weighted by atomic mass is 9.85. The van der Waals surface area contributed by atoms with Crippen molar-refractivity contribution in [3.63, 3.8) is 0 Å². The number of rotatable bonds is 3. The Morgan fingerprint density at radius 1 is 1.30 bits per heavy atom. The Bertz CT molecular complexity index is 469. The first kappa shape index (κ1) is 13.4. The van der Waals surface area contributed by atoms with Crippen molar-refractivity contribution >= 4 is 5.91 Å². The fourth-order valence-corrected chi connectivity index (χ4v) is 3.08. The Hall–Kier alpha value is -1.55. The molecule has 2 aliphatic rings. The normalized spacial score (nSPS) is 23.8. The maximum absolute atomic E-state index is 12.2. The third-order valence-electron chi connectivity index (χ3n) is 4.32. The third kappa shape index (κ3) is 2.80. The molecule has 1 fully saturated rings. The van der Waals surface area contributed by atoms with Gasteiger partial charge in [0, 0.05) is 13.0 Å². The van der Waals surface area contributed by atoms with Crippen LogP contribution in [0.1, 0.15) is 37.7 Å². The van der Waals surface area contributed by atoms with Gasteiger partial charge in [0.05, 0.1) is 5.60 Å². The van der Waals surface area contributed by atoms with E-state index in [1.54, 1.807) is 0 Å². The molecule has 3 rings (SSSR count). The van der Waals surface area contributed by atoms with Gasteiger partial charge in [0.1, 0.15) is 5.75 Å². The fourth-order valence-electron chi connectivity index (χ4n) is 3.08. The second kappa shape index (κ2) is 5.44. The van der Waals surface area contributed by atoms with Crippen molar-refractivity contribution < 1.29 is 14.6 Å². The first-order chi connectivity index (χ1) is 9.66. The molecule has 108 valence electrons. The van der Waals surface area contributed by atoms with E-state index in [-0.39, 0.29) is 5.91 Å². The maximum atomic E-state index is 12.2. The minimum Gasteiger partial charge on any atom is -0.480 e. The molecule has 1 aromatic carbocycles. The van der Waals surface area contributed by atoms with E-state index in [0.29, 0.717) is 13.0 Å². The van der Waals surface area contributed by atoms with Crippen molar-refractivity contribution in [3.05, 3.63) is 29.8 Å². The average Bonchev–Trinajstić information content (AvgIpc) is 2.89. The predicted octanol–water partition coefficient (Wildman–Crippen LogP) is 1.80. The van der Waals surface area contributed by atoms with Crippen LogP contribution in [0.4, 0.5) is 0 Å². The van der Waals surface area contributed by atoms with Crippen molar-refractivity contribution in [3.8, 4) is 5.75 Å². The van der Waals surface area contributed by atoms with Crippen LogP contribution in [0, 0.1) is 0 Å². The molecule has 1 aromatic rings. The first-order valence-electron chi connectivity index (χ1n) is 7.41. The summed E-state index contributed by atoms with van der Waals surface area (Å²) in [4.78, 5) is 12.2. The molecule has 1 atom stereocenters. The van der Waals surface area contributed by atoms with Gasteiger partial charge in [-0.25, -0.2) is 0 Å². The number of hydrogen-bond donors (Lipinski definition) is 2. The Kier molecular flexibility index (Phi) is 3.66. The summed E-state index contributed by atoms with van der Waals surface area (Å²) in [7, 11) is 0. The lowest BCUT2D eigenvalue weighted by Crippen LogP contribution is -2.47. The minimum absolute atomic E-state index is 0.125. The molecule has 1 aliphatic heterocycles. The quantitative estimate of drug-likeness (QED) is 0.884. The van der Waals surface area contributed by atoms with Crippen molar-refractivity contribution in [2.45, 2.75) is 50.2 Å². The van der Waals surface area contributed by atoms with Crippen LogP contribution in [-0.4, -0.2) is 29.3 Å². The smallest absolute Gasteiger partial charge is 0.261 e. The van der Waals surface area contributed by atoms with Crippen molar-refractivity contribution in [2.75, 3.05) is 6.54 Å². The van der Waals surface area contributed by atoms with Crippen LogP contribution in [0.25, 0.3) is 0 Å². The van der Waals surface area contributed by atoms with E-state index in [4.69, 9.17) is 4.74 Å². The van der Waals surface area contributed by atoms with E-state index in [0.717, 1.165) is 37.0 Å². The Morgan fingerprint density at radius 3 is 2.80 bits per heavy atom. The summed E-state index contributed by atoms with van der Waals surface area (Å²) in [6, 6.07) is 7.73. The van der Waals surface area contributed by atoms with Crippen LogP contribution in [0.2, 0.25) is 0 Å². The standard InChI is InChI=1S/C16H21NO3/c18-15(17-11-16(19)8-4-1-5-9-16)14-10-12-6-2-3-7-13(12)20-14/h2-3,6-7,14,19H,1,4-5,8-11H2,(H,17,18). The molecule has 1 saturated carbocycles. The number of para-hydroxylation sites is 1. The molecule has 2 N–H and O–H groups in total. The Morgan fingerprint density at radius 2 is 2.05 bits per heavy atom. The Balaban J connectivity index is 1.53. The number of carbonyl (C=O) groups excluding carboxylic acids is 1. The molecule has 0 radical (unpaired) electrons. The number of hydrogen-bond acceptors (Lipinski definition) is 3. The summed E-state index contributed by atoms with van der Waals surface area (Å²) in [6.45, 7) is 0.335. The number of carbonyl (C=O) groups is 1. The van der Waals surface area contributed by atoms with E-state index in [1.807, 2.05) is 24.3 Å². The van der Waals surface area contributed by atoms with Gasteiger partial charge in [-0.1, -0.05) is 37.5 Å². The van der Waals surface area contributed by atoms with Gasteiger partial charge in [0.15, 0.2) is 6.10 Å². The number of nitrogens with one attached hydrogen (secondary N) is 1. The lowest BCUT2D eigenvalue weighted by Gasteiger charge is -2.32. The zero-order chi connectivity index (χ0) is 14.0. The SMILES string of the molecule is O=C(NCC1(O)CCCCC1)C1Cc2ccccc2O1. The van der Waals surface area contributed by atoms with Crippen molar-refractivity contribution in [2.24, 2.45) is 0 Å². The number of aliphatic hydroxyl groups is 1. The molecule has 1 unspecified atom stereocenters. The van der Waals surface area contributed by atoms with Gasteiger partial charge < -0.3 is 15.2 Å². The largest absolute Gasteiger partial charge is 0.480 e. The highest BCUT2D eigenvalue weighted by Gasteiger charge is 2.33. The molecule has 0 spiro atoms. The summed E-state index contributed by atoms with van der Waals surface area (Å²) >= 11 is 0. The highest BCUT2D eigenvalue weighted by atomic mass is 16.5. The minimum atomic E-state index is -0.723. The molecule has 1 amide bonds. The molecule has 0 aromatic heterocycles. The van der Waals surface area contributed by atoms with E-state index in [9.17, 15) is 9.90 Å². The van der Waals surface area contributed by atoms with Crippen LogP contribution in [0.3, 0.4) is 0 Å². The second-order valence-corrected chi connectivity index (χ2v) is 5.92. The molecular formula is C16H21NO3. The summed E-state index contributed by atoms with van der Waals surface area (Å²) in [5, 5.41) is 13.2. The highest BCUT2D eigenvalue weighted by molar-refractivity contribution is 5.82. The molecule has 20 heavy (non-hydrogen) atoms. The molecule has 4 nitrogen and oxygen atoms in total. The summed E-state index contributed by atoms with van der Waals surface area (Å²) in [6.07, 6.45) is 4.96. The van der Waals surface area contributed by atoms with Gasteiger partial charge >= 0.3 is 0 Å². The number of fused-ring (bicyclic) bond motifs is 1. The molecular weight excluding hydrogens is 254 g/mol. The zero-order valence-corrected chi connectivity index (χ0v) is 11.6. The van der Waals surface area contributed by atoms with Gasteiger partial charge in [0.25, 0.3) is 5.91 Å². The fraction of sp³-hybridized carbons (Fsp3) is 0.562. The second-order valence-electron chi connectivity index (χ2n) is 5.92. The van der Waals surface area contributed by atoms with Crippen LogP contribution in [0.5, 0.6) is 5.75 Å². The molecule has 1 heterocycles. The maximum Gasteiger partial charge on any atom is 0.261 e. The zero-order valence-electron chi connectivity index (χ0n) is 11.6. The lowest BCUT2D eigenvalue weighted by molar-refractivity contribution is -0.128. The van der Waals surface area contributed by atoms with E-state index in [1.165, 1.54) is 6.42 Å². The van der Waals surface area contributed by atoms with Crippen molar-refractivity contribution in [1.29, 1.82) is 0 Å². The number of amides is 1. The van der Waals surface area contributed by atoms with E-state index < -0.39 is 11.7 Å². The molecule has 0 saturated heterocycles. The van der Waals surface area contributed by atoms with Gasteiger partial charge in [0.2, 0.25) is 0 Å². The number of benzene rings is 1. The summed E-state index contributed by atoms with van der Waals surface area (Å²) in [5.41, 5.74) is 0.350. The molecule has 1 aliphatic carbocycles. The predicted molar refractivity (Wildman–Crippen MR) is 75.6 cm³/mol. The van der Waals surface area contributed by atoms with Crippen LogP contribution >= 0.6 is 0 Å². The average molecular weight is 275 g/mol. The topological polar surface area (TPSA) is 58.6 Å². The van der Waals surface area contributed by atoms with Crippen molar-refractivity contribution in [1.82, 2.24) is 5.32 Å². The van der Waals surface area contributed by atoms with Crippen LogP contribution < -0.4 is 10.1 Å². The van der Waals surface area contributed by atoms with Crippen LogP contribution in [-0.2, 0) is 11.2 Å². The van der Waals surface area contributed by atoms with E-state index >= 15 is 0 Å². The van der Waals surface area contributed by atoms with Gasteiger partial charge in [-0.3, -0.25) is 4.79 Å². The Labute approximate surface area is 119 Å². The van der Waals surface area contributed by atoms with Crippen LogP contribution in [0.15, 0.2) is 24.3 Å². The molecule has 4 heteroatoms. The monoisotopic (exact) mass is 275 g/mol. The van der Waals surface area contributed by atoms with Gasteiger partial charge in [-0.2, -0.15) is 0 Å². The summed E-state index contributed by atoms with van der Waals surface area (Å²) < 4.78 is 5.65. The van der Waals surface area contributed by atoms with Gasteiger partial charge in [-0.15, -0.1) is 0 Å². The third-order valence-corrected chi connectivity index (χ3v) is 4.32. The highest BCUT2D eigenvalue weighted by Crippen LogP contribution is 2.29. The molecule has 0 bridgehead atoms. The van der Waals surface area contributed by atoms with E-state index in [2.05, 4.69) is 5.32 Å².